The molecular weight excluding hydrogens is 476 g/mol. The van der Waals surface area contributed by atoms with E-state index in [0.717, 1.165) is 22.3 Å². The lowest BCUT2D eigenvalue weighted by molar-refractivity contribution is -0.143. The lowest BCUT2D eigenvalue weighted by Crippen LogP contribution is -2.54. The van der Waals surface area contributed by atoms with E-state index in [1.54, 1.807) is 25.7 Å². The van der Waals surface area contributed by atoms with Crippen molar-refractivity contribution in [3.8, 4) is 11.1 Å². The summed E-state index contributed by atoms with van der Waals surface area (Å²) in [5.74, 6) is -1.45. The molecule has 2 atom stereocenters. The second-order valence-corrected chi connectivity index (χ2v) is 10.5. The molecule has 2 aromatic rings. The number of aliphatic carboxylic acids is 1. The van der Waals surface area contributed by atoms with Gasteiger partial charge in [0.25, 0.3) is 0 Å². The van der Waals surface area contributed by atoms with Gasteiger partial charge in [0, 0.05) is 31.0 Å². The number of alkyl carbamates (subject to hydrolysis) is 1. The van der Waals surface area contributed by atoms with Crippen LogP contribution < -0.4 is 5.32 Å². The highest BCUT2D eigenvalue weighted by atomic mass is 16.6. The SMILES string of the molecule is CC(C)(C)OC(=O)N1CC[C@@H](NC(=O)OCC2c3ccccc3-c3ccccc32)[C@@H](COCC(=O)O)C1. The minimum Gasteiger partial charge on any atom is -0.480 e. The summed E-state index contributed by atoms with van der Waals surface area (Å²) in [6, 6.07) is 15.9. The lowest BCUT2D eigenvalue weighted by Gasteiger charge is -2.39. The standard InChI is InChI=1S/C28H34N2O7/c1-28(2,3)37-27(34)30-13-12-24(18(14-30)15-35-17-25(31)32)29-26(33)36-16-23-21-10-6-4-8-19(21)20-9-5-7-11-22(20)23/h4-11,18,23-24H,12-17H2,1-3H3,(H,29,33)(H,31,32)/t18-,24-/m1/s1. The predicted molar refractivity (Wildman–Crippen MR) is 136 cm³/mol. The predicted octanol–water partition coefficient (Wildman–Crippen LogP) is 4.25. The number of amides is 2. The summed E-state index contributed by atoms with van der Waals surface area (Å²) in [6.07, 6.45) is -0.541. The molecule has 0 unspecified atom stereocenters. The number of hydrogen-bond donors (Lipinski definition) is 2. The van der Waals surface area contributed by atoms with E-state index >= 15 is 0 Å². The Kier molecular flexibility index (Phi) is 8.02. The van der Waals surface area contributed by atoms with Gasteiger partial charge in [0.2, 0.25) is 0 Å². The van der Waals surface area contributed by atoms with Gasteiger partial charge in [-0.1, -0.05) is 48.5 Å². The van der Waals surface area contributed by atoms with Crippen molar-refractivity contribution in [1.82, 2.24) is 10.2 Å². The van der Waals surface area contributed by atoms with Crippen LogP contribution in [-0.4, -0.2) is 72.7 Å². The maximum Gasteiger partial charge on any atom is 0.410 e. The third-order valence-corrected chi connectivity index (χ3v) is 6.59. The highest BCUT2D eigenvalue weighted by Crippen LogP contribution is 2.44. The molecule has 198 valence electrons. The number of carbonyl (C=O) groups is 3. The average molecular weight is 511 g/mol. The molecule has 1 aliphatic carbocycles. The van der Waals surface area contributed by atoms with E-state index < -0.39 is 30.4 Å². The van der Waals surface area contributed by atoms with Crippen LogP contribution in [0.2, 0.25) is 0 Å². The fourth-order valence-electron chi connectivity index (χ4n) is 4.97. The number of carbonyl (C=O) groups excluding carboxylic acids is 2. The van der Waals surface area contributed by atoms with Crippen LogP contribution in [0.1, 0.15) is 44.2 Å². The number of likely N-dealkylation sites (tertiary alicyclic amines) is 1. The Bertz CT molecular complexity index is 1100. The number of nitrogens with one attached hydrogen (secondary N) is 1. The van der Waals surface area contributed by atoms with Crippen molar-refractivity contribution in [2.24, 2.45) is 5.92 Å². The second kappa shape index (κ2) is 11.2. The molecule has 2 N–H and O–H groups in total. The Hall–Kier alpha value is -3.59. The highest BCUT2D eigenvalue weighted by molar-refractivity contribution is 5.79. The molecule has 1 fully saturated rings. The number of carboxylic acid groups (broad SMARTS) is 1. The van der Waals surface area contributed by atoms with E-state index in [1.165, 1.54) is 0 Å². The van der Waals surface area contributed by atoms with E-state index in [4.69, 9.17) is 19.3 Å². The third-order valence-electron chi connectivity index (χ3n) is 6.59. The van der Waals surface area contributed by atoms with Crippen molar-refractivity contribution in [2.45, 2.75) is 44.8 Å². The zero-order chi connectivity index (χ0) is 26.6. The second-order valence-electron chi connectivity index (χ2n) is 10.5. The molecule has 4 rings (SSSR count). The first-order valence-corrected chi connectivity index (χ1v) is 12.5. The largest absolute Gasteiger partial charge is 0.480 e. The number of fused-ring (bicyclic) bond motifs is 3. The lowest BCUT2D eigenvalue weighted by atomic mass is 9.93. The zero-order valence-electron chi connectivity index (χ0n) is 21.4. The maximum atomic E-state index is 12.8. The smallest absolute Gasteiger partial charge is 0.410 e. The number of ether oxygens (including phenoxy) is 3. The van der Waals surface area contributed by atoms with Gasteiger partial charge in [0.05, 0.1) is 6.61 Å². The highest BCUT2D eigenvalue weighted by Gasteiger charge is 2.35. The van der Waals surface area contributed by atoms with E-state index in [1.807, 2.05) is 24.3 Å². The molecule has 1 heterocycles. The van der Waals surface area contributed by atoms with Crippen molar-refractivity contribution >= 4 is 18.2 Å². The topological polar surface area (TPSA) is 114 Å². The van der Waals surface area contributed by atoms with Gasteiger partial charge in [0.15, 0.2) is 0 Å². The van der Waals surface area contributed by atoms with Crippen LogP contribution in [0.25, 0.3) is 11.1 Å². The van der Waals surface area contributed by atoms with Gasteiger partial charge in [-0.2, -0.15) is 0 Å². The van der Waals surface area contributed by atoms with Gasteiger partial charge in [-0.3, -0.25) is 0 Å². The summed E-state index contributed by atoms with van der Waals surface area (Å²) in [5, 5.41) is 11.9. The molecule has 1 saturated heterocycles. The van der Waals surface area contributed by atoms with Crippen molar-refractivity contribution in [3.63, 3.8) is 0 Å². The maximum absolute atomic E-state index is 12.8. The first kappa shape index (κ1) is 26.5. The minimum atomic E-state index is -1.08. The molecule has 1 aliphatic heterocycles. The number of benzene rings is 2. The molecule has 0 aromatic heterocycles. The summed E-state index contributed by atoms with van der Waals surface area (Å²) >= 11 is 0. The summed E-state index contributed by atoms with van der Waals surface area (Å²) in [4.78, 5) is 37.9. The van der Waals surface area contributed by atoms with Crippen LogP contribution in [0.3, 0.4) is 0 Å². The number of rotatable bonds is 7. The van der Waals surface area contributed by atoms with Crippen LogP contribution in [0.4, 0.5) is 9.59 Å². The molecule has 2 amide bonds. The molecule has 0 radical (unpaired) electrons. The average Bonchev–Trinajstić information content (AvgIpc) is 3.16. The summed E-state index contributed by atoms with van der Waals surface area (Å²) in [6.45, 7) is 5.84. The molecule has 0 saturated carbocycles. The first-order chi connectivity index (χ1) is 17.6. The van der Waals surface area contributed by atoms with Crippen molar-refractivity contribution in [3.05, 3.63) is 59.7 Å². The van der Waals surface area contributed by atoms with Crippen LogP contribution >= 0.6 is 0 Å². The monoisotopic (exact) mass is 510 g/mol. The van der Waals surface area contributed by atoms with Gasteiger partial charge >= 0.3 is 18.2 Å². The van der Waals surface area contributed by atoms with Gasteiger partial charge in [-0.15, -0.1) is 0 Å². The molecule has 0 bridgehead atoms. The molecule has 0 spiro atoms. The third kappa shape index (κ3) is 6.60. The van der Waals surface area contributed by atoms with Gasteiger partial charge in [-0.05, 0) is 49.4 Å². The van der Waals surface area contributed by atoms with Crippen LogP contribution in [-0.2, 0) is 19.0 Å². The van der Waals surface area contributed by atoms with Crippen LogP contribution in [0, 0.1) is 5.92 Å². The summed E-state index contributed by atoms with van der Waals surface area (Å²) in [7, 11) is 0. The summed E-state index contributed by atoms with van der Waals surface area (Å²) in [5.41, 5.74) is 3.92. The number of nitrogens with zero attached hydrogens (tertiary/aromatic N) is 1. The Morgan fingerprint density at radius 3 is 2.22 bits per heavy atom. The normalized spacial score (nSPS) is 19.1. The quantitative estimate of drug-likeness (QED) is 0.572. The fraction of sp³-hybridized carbons (Fsp3) is 0.464. The van der Waals surface area contributed by atoms with Crippen LogP contribution in [0.15, 0.2) is 48.5 Å². The van der Waals surface area contributed by atoms with Crippen molar-refractivity contribution in [2.75, 3.05) is 32.9 Å². The molecule has 9 heteroatoms. The number of carboxylic acids is 1. The van der Waals surface area contributed by atoms with E-state index in [-0.39, 0.29) is 37.6 Å². The molecule has 9 nitrogen and oxygen atoms in total. The first-order valence-electron chi connectivity index (χ1n) is 12.5. The molecule has 2 aliphatic rings. The minimum absolute atomic E-state index is 0.0538. The van der Waals surface area contributed by atoms with Crippen molar-refractivity contribution < 1.29 is 33.7 Å². The summed E-state index contributed by atoms with van der Waals surface area (Å²) < 4.78 is 16.5. The van der Waals surface area contributed by atoms with Gasteiger partial charge < -0.3 is 29.5 Å². The Morgan fingerprint density at radius 2 is 1.62 bits per heavy atom. The number of piperidine rings is 1. The van der Waals surface area contributed by atoms with Gasteiger partial charge in [-0.25, -0.2) is 14.4 Å². The van der Waals surface area contributed by atoms with Crippen LogP contribution in [0.5, 0.6) is 0 Å². The molecular formula is C28H34N2O7. The Balaban J connectivity index is 1.38. The zero-order valence-corrected chi connectivity index (χ0v) is 21.4. The fourth-order valence-corrected chi connectivity index (χ4v) is 4.97. The number of hydrogen-bond acceptors (Lipinski definition) is 6. The Morgan fingerprint density at radius 1 is 1.00 bits per heavy atom. The van der Waals surface area contributed by atoms with E-state index in [2.05, 4.69) is 29.6 Å². The van der Waals surface area contributed by atoms with E-state index in [9.17, 15) is 14.4 Å². The molecule has 2 aromatic carbocycles. The van der Waals surface area contributed by atoms with Gasteiger partial charge in [0.1, 0.15) is 18.8 Å². The van der Waals surface area contributed by atoms with Crippen molar-refractivity contribution in [1.29, 1.82) is 0 Å². The van der Waals surface area contributed by atoms with E-state index in [0.29, 0.717) is 13.0 Å². The molecule has 37 heavy (non-hydrogen) atoms. The Labute approximate surface area is 216 Å².